The van der Waals surface area contributed by atoms with Gasteiger partial charge >= 0.3 is 6.09 Å². The van der Waals surface area contributed by atoms with E-state index in [0.29, 0.717) is 6.42 Å². The zero-order valence-electron chi connectivity index (χ0n) is 14.4. The number of thioether (sulfide) groups is 1. The molecule has 1 amide bonds. The Hall–Kier alpha value is -1.49. The van der Waals surface area contributed by atoms with E-state index in [1.54, 1.807) is 16.7 Å². The Bertz CT molecular complexity index is 565. The Kier molecular flexibility index (Phi) is 5.09. The maximum atomic E-state index is 12.7. The number of aldehydes is 1. The number of nitrogens with zero attached hydrogens (tertiary/aromatic N) is 1. The normalized spacial score (nSPS) is 23.6. The van der Waals surface area contributed by atoms with E-state index in [4.69, 9.17) is 4.74 Å². The van der Waals surface area contributed by atoms with Gasteiger partial charge in [-0.15, -0.1) is 11.8 Å². The molecule has 2 atom stereocenters. The molecule has 0 aromatic heterocycles. The summed E-state index contributed by atoms with van der Waals surface area (Å²) in [4.78, 5) is 25.9. The van der Waals surface area contributed by atoms with Crippen LogP contribution in [0.3, 0.4) is 0 Å². The second-order valence-corrected chi connectivity index (χ2v) is 9.17. The van der Waals surface area contributed by atoms with E-state index in [1.807, 2.05) is 65.0 Å². The lowest BCUT2D eigenvalue weighted by molar-refractivity contribution is -0.113. The van der Waals surface area contributed by atoms with E-state index in [0.717, 1.165) is 11.8 Å². The van der Waals surface area contributed by atoms with Gasteiger partial charge in [0.2, 0.25) is 0 Å². The van der Waals surface area contributed by atoms with E-state index in [-0.39, 0.29) is 10.1 Å². The molecular formula is C18H25NO3S. The molecule has 126 valence electrons. The van der Waals surface area contributed by atoms with Crippen molar-refractivity contribution in [2.75, 3.05) is 0 Å². The minimum Gasteiger partial charge on any atom is -0.444 e. The van der Waals surface area contributed by atoms with Crippen LogP contribution in [0.5, 0.6) is 0 Å². The summed E-state index contributed by atoms with van der Waals surface area (Å²) in [6.45, 7) is 9.50. The van der Waals surface area contributed by atoms with Gasteiger partial charge in [0.05, 0.1) is 5.37 Å². The Morgan fingerprint density at radius 3 is 2.43 bits per heavy atom. The highest BCUT2D eigenvalue weighted by Crippen LogP contribution is 2.45. The summed E-state index contributed by atoms with van der Waals surface area (Å²) < 4.78 is 5.19. The fraction of sp³-hybridized carbons (Fsp3) is 0.556. The molecule has 1 aromatic rings. The molecule has 0 radical (unpaired) electrons. The predicted octanol–water partition coefficient (Wildman–Crippen LogP) is 3.89. The smallest absolute Gasteiger partial charge is 0.411 e. The van der Waals surface area contributed by atoms with Crippen LogP contribution in [0.15, 0.2) is 30.3 Å². The molecule has 0 N–H and O–H groups in total. The average molecular weight is 335 g/mol. The van der Waals surface area contributed by atoms with E-state index in [1.165, 1.54) is 0 Å². The van der Waals surface area contributed by atoms with Crippen LogP contribution in [0.2, 0.25) is 0 Å². The number of rotatable bonds is 3. The van der Waals surface area contributed by atoms with E-state index in [9.17, 15) is 9.59 Å². The Morgan fingerprint density at radius 1 is 1.30 bits per heavy atom. The average Bonchev–Trinajstić information content (AvgIpc) is 2.67. The number of ether oxygens (including phenoxy) is 1. The summed E-state index contributed by atoms with van der Waals surface area (Å²) in [5.41, 5.74) is 0.556. The fourth-order valence-electron chi connectivity index (χ4n) is 2.72. The minimum atomic E-state index is -0.584. The lowest BCUT2D eigenvalue weighted by atomic mass is 10.0. The third-order valence-corrected chi connectivity index (χ3v) is 5.26. The van der Waals surface area contributed by atoms with Crippen LogP contribution in [-0.2, 0) is 16.0 Å². The molecule has 0 spiro atoms. The van der Waals surface area contributed by atoms with Crippen LogP contribution < -0.4 is 0 Å². The van der Waals surface area contributed by atoms with Gasteiger partial charge in [-0.05, 0) is 40.2 Å². The standard InChI is InChI=1S/C18H25NO3S/c1-17(2,3)22-16(21)19-14(12-20)18(4,5)23-15(19)11-13-9-7-6-8-10-13/h6-10,12,14-15H,11H2,1-5H3. The number of amides is 1. The van der Waals surface area contributed by atoms with Gasteiger partial charge in [0.1, 0.15) is 17.9 Å². The van der Waals surface area contributed by atoms with Gasteiger partial charge in [-0.3, -0.25) is 4.90 Å². The summed E-state index contributed by atoms with van der Waals surface area (Å²) in [5, 5.41) is -0.113. The maximum absolute atomic E-state index is 12.7. The van der Waals surface area contributed by atoms with Crippen LogP contribution in [0.25, 0.3) is 0 Å². The molecule has 1 aliphatic heterocycles. The highest BCUT2D eigenvalue weighted by molar-refractivity contribution is 8.01. The van der Waals surface area contributed by atoms with Crippen LogP contribution in [0.1, 0.15) is 40.2 Å². The molecule has 1 heterocycles. The quantitative estimate of drug-likeness (QED) is 0.786. The molecule has 1 aliphatic rings. The highest BCUT2D eigenvalue weighted by atomic mass is 32.2. The van der Waals surface area contributed by atoms with Crippen LogP contribution in [-0.4, -0.2) is 39.0 Å². The van der Waals surface area contributed by atoms with Crippen molar-refractivity contribution in [1.29, 1.82) is 0 Å². The predicted molar refractivity (Wildman–Crippen MR) is 93.5 cm³/mol. The van der Waals surface area contributed by atoms with Crippen molar-refractivity contribution in [3.63, 3.8) is 0 Å². The van der Waals surface area contributed by atoms with Gasteiger partial charge in [-0.2, -0.15) is 0 Å². The zero-order valence-corrected chi connectivity index (χ0v) is 15.2. The summed E-state index contributed by atoms with van der Waals surface area (Å²) in [6, 6.07) is 9.51. The van der Waals surface area contributed by atoms with Gasteiger partial charge in [0.25, 0.3) is 0 Å². The Morgan fingerprint density at radius 2 is 1.91 bits per heavy atom. The maximum Gasteiger partial charge on any atom is 0.411 e. The molecular weight excluding hydrogens is 310 g/mol. The number of benzene rings is 1. The SMILES string of the molecule is CC(C)(C)OC(=O)N1C(Cc2ccccc2)SC(C)(C)C1C=O. The van der Waals surface area contributed by atoms with E-state index < -0.39 is 17.7 Å². The second-order valence-electron chi connectivity index (χ2n) is 7.33. The number of carbonyl (C=O) groups is 2. The topological polar surface area (TPSA) is 46.6 Å². The summed E-state index contributed by atoms with van der Waals surface area (Å²) in [6.07, 6.45) is 1.13. The van der Waals surface area contributed by atoms with Crippen molar-refractivity contribution < 1.29 is 14.3 Å². The molecule has 1 fully saturated rings. The molecule has 1 saturated heterocycles. The van der Waals surface area contributed by atoms with Crippen LogP contribution in [0, 0.1) is 0 Å². The van der Waals surface area contributed by atoms with Crippen LogP contribution >= 0.6 is 11.8 Å². The third kappa shape index (κ3) is 4.28. The molecule has 0 saturated carbocycles. The second kappa shape index (κ2) is 6.56. The Labute approximate surface area is 142 Å². The highest BCUT2D eigenvalue weighted by Gasteiger charge is 2.50. The van der Waals surface area contributed by atoms with Gasteiger partial charge < -0.3 is 9.53 Å². The number of hydrogen-bond acceptors (Lipinski definition) is 4. The van der Waals surface area contributed by atoms with Crippen molar-refractivity contribution >= 4 is 24.1 Å². The lowest BCUT2D eigenvalue weighted by Gasteiger charge is -2.31. The number of carbonyl (C=O) groups excluding carboxylic acids is 2. The van der Waals surface area contributed by atoms with Crippen LogP contribution in [0.4, 0.5) is 4.79 Å². The largest absolute Gasteiger partial charge is 0.444 e. The summed E-state index contributed by atoms with van der Waals surface area (Å²) in [7, 11) is 0. The summed E-state index contributed by atoms with van der Waals surface area (Å²) in [5.74, 6) is 0. The van der Waals surface area contributed by atoms with Crippen molar-refractivity contribution in [2.24, 2.45) is 0 Å². The first-order valence-corrected chi connectivity index (χ1v) is 8.70. The van der Waals surface area contributed by atoms with Gasteiger partial charge in [0.15, 0.2) is 0 Å². The molecule has 2 unspecified atom stereocenters. The lowest BCUT2D eigenvalue weighted by Crippen LogP contribution is -2.49. The molecule has 0 bridgehead atoms. The molecule has 23 heavy (non-hydrogen) atoms. The molecule has 2 rings (SSSR count). The summed E-state index contributed by atoms with van der Waals surface area (Å²) >= 11 is 1.65. The number of hydrogen-bond donors (Lipinski definition) is 0. The van der Waals surface area contributed by atoms with E-state index in [2.05, 4.69) is 0 Å². The molecule has 0 aliphatic carbocycles. The molecule has 5 heteroatoms. The first-order chi connectivity index (χ1) is 10.6. The third-order valence-electron chi connectivity index (χ3n) is 3.75. The van der Waals surface area contributed by atoms with Gasteiger partial charge in [0, 0.05) is 11.2 Å². The minimum absolute atomic E-state index is 0.113. The molecule has 4 nitrogen and oxygen atoms in total. The molecule has 1 aromatic carbocycles. The first kappa shape index (κ1) is 17.9. The van der Waals surface area contributed by atoms with Crippen molar-refractivity contribution in [1.82, 2.24) is 4.90 Å². The van der Waals surface area contributed by atoms with Crippen molar-refractivity contribution in [3.8, 4) is 0 Å². The monoisotopic (exact) mass is 335 g/mol. The fourth-order valence-corrected chi connectivity index (χ4v) is 4.34. The van der Waals surface area contributed by atoms with Gasteiger partial charge in [-0.1, -0.05) is 30.3 Å². The van der Waals surface area contributed by atoms with Gasteiger partial charge in [-0.25, -0.2) is 4.79 Å². The Balaban J connectivity index is 2.27. The first-order valence-electron chi connectivity index (χ1n) is 7.82. The van der Waals surface area contributed by atoms with Crippen molar-refractivity contribution in [3.05, 3.63) is 35.9 Å². The zero-order chi connectivity index (χ0) is 17.3. The van der Waals surface area contributed by atoms with Crippen molar-refractivity contribution in [2.45, 2.75) is 62.8 Å². The van der Waals surface area contributed by atoms with E-state index >= 15 is 0 Å².